The number of ether oxygens (including phenoxy) is 2. The zero-order valence-corrected chi connectivity index (χ0v) is 23.1. The van der Waals surface area contributed by atoms with E-state index in [1.165, 1.54) is 55.8 Å². The van der Waals surface area contributed by atoms with Crippen LogP contribution in [0.5, 0.6) is 5.75 Å². The van der Waals surface area contributed by atoms with E-state index in [-0.39, 0.29) is 27.7 Å². The molecule has 0 radical (unpaired) electrons. The average Bonchev–Trinajstić information content (AvgIpc) is 3.32. The van der Waals surface area contributed by atoms with Crippen molar-refractivity contribution in [3.63, 3.8) is 0 Å². The third kappa shape index (κ3) is 5.94. The molecule has 3 aromatic carbocycles. The highest BCUT2D eigenvalue weighted by molar-refractivity contribution is 7.90. The number of carbonyl (C=O) groups excluding carboxylic acids is 1. The summed E-state index contributed by atoms with van der Waals surface area (Å²) in [4.78, 5) is 12.0. The lowest BCUT2D eigenvalue weighted by atomic mass is 10.1. The fourth-order valence-corrected chi connectivity index (χ4v) is 6.19. The summed E-state index contributed by atoms with van der Waals surface area (Å²) in [6.45, 7) is 3.60. The van der Waals surface area contributed by atoms with Gasteiger partial charge < -0.3 is 9.47 Å². The summed E-state index contributed by atoms with van der Waals surface area (Å²) in [7, 11) is -6.87. The summed E-state index contributed by atoms with van der Waals surface area (Å²) in [5.74, 6) is -0.243. The van der Waals surface area contributed by atoms with E-state index in [0.717, 1.165) is 15.6 Å². The second-order valence-electron chi connectivity index (χ2n) is 8.39. The number of fused-ring (bicyclic) bond motifs is 1. The Hall–Kier alpha value is -4.22. The summed E-state index contributed by atoms with van der Waals surface area (Å²) in [5, 5.41) is 0.422. The van der Waals surface area contributed by atoms with Crippen LogP contribution in [-0.2, 0) is 29.6 Å². The Morgan fingerprint density at radius 1 is 0.897 bits per heavy atom. The van der Waals surface area contributed by atoms with Crippen LogP contribution in [0.25, 0.3) is 10.9 Å². The van der Waals surface area contributed by atoms with E-state index in [2.05, 4.69) is 4.40 Å². The maximum atomic E-state index is 13.6. The molecule has 0 saturated carbocycles. The lowest BCUT2D eigenvalue weighted by Crippen LogP contribution is -2.12. The second-order valence-corrected chi connectivity index (χ2v) is 11.8. The third-order valence-corrected chi connectivity index (χ3v) is 8.76. The number of carbonyl (C=O) groups is 1. The van der Waals surface area contributed by atoms with Gasteiger partial charge in [-0.05, 0) is 62.4 Å². The van der Waals surface area contributed by atoms with Gasteiger partial charge in [-0.1, -0.05) is 35.9 Å². The van der Waals surface area contributed by atoms with Gasteiger partial charge in [0, 0.05) is 23.2 Å². The Labute approximate surface area is 227 Å². The molecular weight excluding hydrogens is 540 g/mol. The Bertz CT molecular complexity index is 1780. The molecular formula is C28H26N2O7S2. The highest BCUT2D eigenvalue weighted by Gasteiger charge is 2.24. The minimum absolute atomic E-state index is 0.0619. The van der Waals surface area contributed by atoms with Crippen molar-refractivity contribution in [3.8, 4) is 5.75 Å². The molecule has 0 aliphatic rings. The predicted molar refractivity (Wildman–Crippen MR) is 148 cm³/mol. The number of rotatable bonds is 9. The lowest BCUT2D eigenvalue weighted by molar-refractivity contribution is -0.137. The lowest BCUT2D eigenvalue weighted by Gasteiger charge is -2.07. The number of allylic oxidation sites excluding steroid dienone is 1. The van der Waals surface area contributed by atoms with Gasteiger partial charge in [0.15, 0.2) is 0 Å². The van der Waals surface area contributed by atoms with Crippen molar-refractivity contribution in [2.75, 3.05) is 13.7 Å². The molecule has 11 heteroatoms. The topological polar surface area (TPSA) is 121 Å². The van der Waals surface area contributed by atoms with Crippen LogP contribution in [0, 0.1) is 6.92 Å². The van der Waals surface area contributed by atoms with Crippen molar-refractivity contribution >= 4 is 42.6 Å². The van der Waals surface area contributed by atoms with E-state index in [4.69, 9.17) is 9.47 Å². The van der Waals surface area contributed by atoms with E-state index in [9.17, 15) is 21.6 Å². The Morgan fingerprint density at radius 2 is 1.54 bits per heavy atom. The largest absolute Gasteiger partial charge is 0.497 e. The predicted octanol–water partition coefficient (Wildman–Crippen LogP) is 4.49. The van der Waals surface area contributed by atoms with Crippen LogP contribution in [0.3, 0.4) is 0 Å². The summed E-state index contributed by atoms with van der Waals surface area (Å²) < 4.78 is 68.9. The number of sulfonamides is 1. The molecule has 0 atom stereocenters. The van der Waals surface area contributed by atoms with Crippen molar-refractivity contribution in [1.29, 1.82) is 0 Å². The van der Waals surface area contributed by atoms with Gasteiger partial charge in [-0.3, -0.25) is 0 Å². The van der Waals surface area contributed by atoms with Crippen molar-refractivity contribution in [2.24, 2.45) is 4.40 Å². The standard InChI is InChI=1S/C28H26N2O7S2/c1-4-37-28(31)18-17-26(29-38(32,33)22-15-11-21(36-3)12-16-22)25-19-30(27-8-6-5-7-24(25)27)39(34,35)23-13-9-20(2)10-14-23/h5-19H,4H2,1-3H3/b18-17+,29-26-. The highest BCUT2D eigenvalue weighted by atomic mass is 32.2. The molecule has 0 amide bonds. The number of hydrogen-bond acceptors (Lipinski definition) is 7. The summed E-state index contributed by atoms with van der Waals surface area (Å²) in [6.07, 6.45) is 3.55. The number of aromatic nitrogens is 1. The molecule has 1 aromatic heterocycles. The van der Waals surface area contributed by atoms with Crippen LogP contribution >= 0.6 is 0 Å². The van der Waals surface area contributed by atoms with Gasteiger partial charge in [0.05, 0.1) is 34.7 Å². The first-order valence-electron chi connectivity index (χ1n) is 11.8. The van der Waals surface area contributed by atoms with Crippen LogP contribution in [-0.4, -0.2) is 46.2 Å². The van der Waals surface area contributed by atoms with Gasteiger partial charge >= 0.3 is 5.97 Å². The van der Waals surface area contributed by atoms with Gasteiger partial charge in [-0.2, -0.15) is 12.8 Å². The van der Waals surface area contributed by atoms with Crippen LogP contribution in [0.2, 0.25) is 0 Å². The van der Waals surface area contributed by atoms with Crippen LogP contribution in [0.4, 0.5) is 0 Å². The van der Waals surface area contributed by atoms with Crippen molar-refractivity contribution in [2.45, 2.75) is 23.6 Å². The molecule has 0 fully saturated rings. The minimum Gasteiger partial charge on any atom is -0.497 e. The Balaban J connectivity index is 1.94. The van der Waals surface area contributed by atoms with Gasteiger partial charge in [0.1, 0.15) is 5.75 Å². The van der Waals surface area contributed by atoms with Crippen molar-refractivity contribution < 1.29 is 31.1 Å². The molecule has 0 saturated heterocycles. The average molecular weight is 567 g/mol. The number of benzene rings is 3. The molecule has 4 rings (SSSR count). The summed E-state index contributed by atoms with van der Waals surface area (Å²) in [6, 6.07) is 18.7. The zero-order valence-electron chi connectivity index (χ0n) is 21.4. The quantitative estimate of drug-likeness (QED) is 0.166. The molecule has 0 aliphatic heterocycles. The first kappa shape index (κ1) is 27.8. The first-order chi connectivity index (χ1) is 18.6. The SMILES string of the molecule is CCOC(=O)/C=C/C(=N/S(=O)(=O)c1ccc(OC)cc1)c1cn(S(=O)(=O)c2ccc(C)cc2)c2ccccc12. The molecule has 0 spiro atoms. The molecule has 0 N–H and O–H groups in total. The minimum atomic E-state index is -4.27. The van der Waals surface area contributed by atoms with Gasteiger partial charge in [0.2, 0.25) is 0 Å². The van der Waals surface area contributed by atoms with Gasteiger partial charge in [-0.15, -0.1) is 0 Å². The number of methoxy groups -OCH3 is 1. The smallest absolute Gasteiger partial charge is 0.330 e. The second kappa shape index (κ2) is 11.3. The van der Waals surface area contributed by atoms with E-state index in [0.29, 0.717) is 16.7 Å². The van der Waals surface area contributed by atoms with Gasteiger partial charge in [-0.25, -0.2) is 17.2 Å². The van der Waals surface area contributed by atoms with Crippen LogP contribution in [0.15, 0.2) is 105 Å². The van der Waals surface area contributed by atoms with E-state index in [1.807, 2.05) is 6.92 Å². The number of esters is 1. The normalized spacial score (nSPS) is 12.6. The maximum Gasteiger partial charge on any atom is 0.330 e. The molecule has 39 heavy (non-hydrogen) atoms. The molecule has 0 aliphatic carbocycles. The van der Waals surface area contributed by atoms with E-state index in [1.54, 1.807) is 43.3 Å². The monoisotopic (exact) mass is 566 g/mol. The fourth-order valence-electron chi connectivity index (χ4n) is 3.81. The van der Waals surface area contributed by atoms with Crippen LogP contribution in [0.1, 0.15) is 18.1 Å². The molecule has 9 nitrogen and oxygen atoms in total. The number of hydrogen-bond donors (Lipinski definition) is 0. The van der Waals surface area contributed by atoms with Crippen LogP contribution < -0.4 is 4.74 Å². The van der Waals surface area contributed by atoms with E-state index < -0.39 is 26.0 Å². The first-order valence-corrected chi connectivity index (χ1v) is 14.7. The molecule has 4 aromatic rings. The zero-order chi connectivity index (χ0) is 28.2. The molecule has 1 heterocycles. The number of nitrogens with zero attached hydrogens (tertiary/aromatic N) is 2. The fraction of sp³-hybridized carbons (Fsp3) is 0.143. The number of aryl methyl sites for hydroxylation is 1. The summed E-state index contributed by atoms with van der Waals surface area (Å²) in [5.41, 5.74) is 1.26. The molecule has 0 unspecified atom stereocenters. The van der Waals surface area contributed by atoms with Crippen molar-refractivity contribution in [1.82, 2.24) is 3.97 Å². The highest BCUT2D eigenvalue weighted by Crippen LogP contribution is 2.28. The maximum absolute atomic E-state index is 13.6. The Kier molecular flexibility index (Phi) is 8.03. The van der Waals surface area contributed by atoms with Crippen molar-refractivity contribution in [3.05, 3.63) is 102 Å². The van der Waals surface area contributed by atoms with E-state index >= 15 is 0 Å². The number of para-hydroxylation sites is 1. The summed E-state index contributed by atoms with van der Waals surface area (Å²) >= 11 is 0. The van der Waals surface area contributed by atoms with Gasteiger partial charge in [0.25, 0.3) is 20.0 Å². The third-order valence-electron chi connectivity index (χ3n) is 5.77. The molecule has 0 bridgehead atoms. The molecule has 202 valence electrons. The Morgan fingerprint density at radius 3 is 2.18 bits per heavy atom.